The van der Waals surface area contributed by atoms with E-state index in [4.69, 9.17) is 17.2 Å². The van der Waals surface area contributed by atoms with Crippen molar-refractivity contribution in [3.63, 3.8) is 0 Å². The lowest BCUT2D eigenvalue weighted by atomic mass is 9.98. The van der Waals surface area contributed by atoms with Crippen LogP contribution < -0.4 is 33.2 Å². The van der Waals surface area contributed by atoms with Crippen molar-refractivity contribution in [3.05, 3.63) is 54.1 Å². The minimum absolute atomic E-state index is 0.116. The second-order valence-corrected chi connectivity index (χ2v) is 9.86. The van der Waals surface area contributed by atoms with Gasteiger partial charge in [-0.1, -0.05) is 50.6 Å². The van der Waals surface area contributed by atoms with E-state index in [-0.39, 0.29) is 37.7 Å². The number of H-pyrrole nitrogens is 1. The number of hydrogen-bond acceptors (Lipinski definition) is 7. The first-order chi connectivity index (χ1) is 19.5. The van der Waals surface area contributed by atoms with Gasteiger partial charge >= 0.3 is 5.97 Å². The molecule has 3 amide bonds. The molecule has 5 atom stereocenters. The summed E-state index contributed by atoms with van der Waals surface area (Å²) in [6.07, 6.45) is 4.28. The molecule has 2 aromatic rings. The maximum absolute atomic E-state index is 13.5. The van der Waals surface area contributed by atoms with Gasteiger partial charge in [-0.05, 0) is 24.3 Å². The van der Waals surface area contributed by atoms with Gasteiger partial charge in [0.1, 0.15) is 18.1 Å². The lowest BCUT2D eigenvalue weighted by Crippen LogP contribution is -2.58. The second-order valence-electron chi connectivity index (χ2n) is 9.86. The van der Waals surface area contributed by atoms with Gasteiger partial charge in [0.2, 0.25) is 17.7 Å². The Bertz CT molecular complexity index is 1150. The summed E-state index contributed by atoms with van der Waals surface area (Å²) in [4.78, 5) is 62.3. The fraction of sp³-hybridized carbons (Fsp3) is 0.481. The summed E-state index contributed by atoms with van der Waals surface area (Å²) < 4.78 is 0. The zero-order valence-electron chi connectivity index (χ0n) is 23.4. The molecular weight excluding hydrogens is 530 g/mol. The Morgan fingerprint density at radius 1 is 1.00 bits per heavy atom. The highest BCUT2D eigenvalue weighted by molar-refractivity contribution is 5.94. The molecule has 11 N–H and O–H groups in total. The van der Waals surface area contributed by atoms with E-state index in [2.05, 4.69) is 30.9 Å². The summed E-state index contributed by atoms with van der Waals surface area (Å²) in [7, 11) is 0. The molecule has 0 aliphatic rings. The Morgan fingerprint density at radius 3 is 2.24 bits per heavy atom. The number of rotatable bonds is 17. The van der Waals surface area contributed by atoms with E-state index in [0.29, 0.717) is 18.5 Å². The number of amides is 3. The third kappa shape index (κ3) is 11.3. The molecule has 224 valence electrons. The molecule has 1 aromatic carbocycles. The summed E-state index contributed by atoms with van der Waals surface area (Å²) in [6.45, 7) is 3.72. The van der Waals surface area contributed by atoms with Crippen LogP contribution in [0.4, 0.5) is 0 Å². The summed E-state index contributed by atoms with van der Waals surface area (Å²) in [5.74, 6) is -3.51. The number of carbonyl (C=O) groups excluding carboxylic acids is 3. The number of carbonyl (C=O) groups is 4. The summed E-state index contributed by atoms with van der Waals surface area (Å²) >= 11 is 0. The summed E-state index contributed by atoms with van der Waals surface area (Å²) in [5, 5.41) is 17.6. The van der Waals surface area contributed by atoms with Crippen molar-refractivity contribution in [1.29, 1.82) is 0 Å². The summed E-state index contributed by atoms with van der Waals surface area (Å²) in [6, 6.07) is 4.74. The number of carboxylic acids is 1. The molecule has 0 spiro atoms. The average Bonchev–Trinajstić information content (AvgIpc) is 3.45. The number of nitrogens with two attached hydrogens (primary N) is 3. The van der Waals surface area contributed by atoms with E-state index in [9.17, 15) is 24.3 Å². The Kier molecular flexibility index (Phi) is 13.3. The van der Waals surface area contributed by atoms with Gasteiger partial charge in [0, 0.05) is 31.3 Å². The van der Waals surface area contributed by atoms with Crippen molar-refractivity contribution < 1.29 is 24.3 Å². The summed E-state index contributed by atoms with van der Waals surface area (Å²) in [5.41, 5.74) is 18.3. The minimum Gasteiger partial charge on any atom is -0.480 e. The number of aliphatic carboxylic acids is 1. The first-order valence-electron chi connectivity index (χ1n) is 13.5. The third-order valence-corrected chi connectivity index (χ3v) is 6.60. The maximum atomic E-state index is 13.5. The average molecular weight is 572 g/mol. The smallest absolute Gasteiger partial charge is 0.326 e. The van der Waals surface area contributed by atoms with Crippen LogP contribution in [0.25, 0.3) is 0 Å². The molecule has 0 saturated carbocycles. The molecule has 1 aromatic heterocycles. The normalized spacial score (nSPS) is 14.5. The molecular formula is C27H41N9O5. The number of carboxylic acid groups (broad SMARTS) is 1. The van der Waals surface area contributed by atoms with Crippen molar-refractivity contribution in [2.75, 3.05) is 6.54 Å². The molecule has 14 nitrogen and oxygen atoms in total. The van der Waals surface area contributed by atoms with Gasteiger partial charge in [0.15, 0.2) is 5.96 Å². The van der Waals surface area contributed by atoms with Crippen LogP contribution in [-0.4, -0.2) is 75.4 Å². The van der Waals surface area contributed by atoms with Crippen LogP contribution in [-0.2, 0) is 32.0 Å². The van der Waals surface area contributed by atoms with E-state index in [0.717, 1.165) is 5.56 Å². The minimum atomic E-state index is -1.18. The molecule has 0 saturated heterocycles. The van der Waals surface area contributed by atoms with Crippen LogP contribution in [0.3, 0.4) is 0 Å². The predicted molar refractivity (Wildman–Crippen MR) is 153 cm³/mol. The van der Waals surface area contributed by atoms with Crippen molar-refractivity contribution in [2.24, 2.45) is 28.1 Å². The number of nitrogens with zero attached hydrogens (tertiary/aromatic N) is 2. The lowest BCUT2D eigenvalue weighted by Gasteiger charge is -2.26. The number of aromatic nitrogens is 2. The van der Waals surface area contributed by atoms with Gasteiger partial charge < -0.3 is 43.2 Å². The van der Waals surface area contributed by atoms with Crippen LogP contribution in [0.1, 0.15) is 44.4 Å². The number of nitrogens with one attached hydrogen (secondary N) is 4. The zero-order chi connectivity index (χ0) is 30.4. The topological polar surface area (TPSA) is 244 Å². The van der Waals surface area contributed by atoms with Crippen molar-refractivity contribution in [1.82, 2.24) is 25.9 Å². The lowest BCUT2D eigenvalue weighted by molar-refractivity contribution is -0.144. The molecule has 1 heterocycles. The van der Waals surface area contributed by atoms with E-state index in [1.807, 2.05) is 13.0 Å². The number of hydrogen-bond donors (Lipinski definition) is 8. The number of aliphatic imine (C=N–C) groups is 1. The largest absolute Gasteiger partial charge is 0.480 e. The van der Waals surface area contributed by atoms with Gasteiger partial charge in [-0.3, -0.25) is 19.4 Å². The molecule has 14 heteroatoms. The Balaban J connectivity index is 2.24. The Morgan fingerprint density at radius 2 is 1.66 bits per heavy atom. The highest BCUT2D eigenvalue weighted by atomic mass is 16.4. The van der Waals surface area contributed by atoms with Gasteiger partial charge in [0.25, 0.3) is 0 Å². The van der Waals surface area contributed by atoms with Gasteiger partial charge in [-0.2, -0.15) is 0 Å². The van der Waals surface area contributed by atoms with Crippen molar-refractivity contribution >= 4 is 29.7 Å². The monoisotopic (exact) mass is 571 g/mol. The van der Waals surface area contributed by atoms with E-state index in [1.165, 1.54) is 6.33 Å². The molecule has 0 bridgehead atoms. The Labute approximate surface area is 238 Å². The van der Waals surface area contributed by atoms with Gasteiger partial charge in [-0.15, -0.1) is 0 Å². The molecule has 0 radical (unpaired) electrons. The van der Waals surface area contributed by atoms with Crippen LogP contribution in [0.5, 0.6) is 0 Å². The van der Waals surface area contributed by atoms with Gasteiger partial charge in [-0.25, -0.2) is 9.78 Å². The predicted octanol–water partition coefficient (Wildman–Crippen LogP) is -0.839. The molecule has 5 unspecified atom stereocenters. The van der Waals surface area contributed by atoms with Crippen molar-refractivity contribution in [3.8, 4) is 0 Å². The van der Waals surface area contributed by atoms with E-state index in [1.54, 1.807) is 37.4 Å². The number of guanidine groups is 1. The van der Waals surface area contributed by atoms with E-state index < -0.39 is 47.9 Å². The molecule has 2 rings (SSSR count). The standard InChI is InChI=1S/C27H41N9O5/c1-3-16(2)22(26(40)41)36-24(38)20(10-7-11-32-27(29)30)34-25(39)21(12-17-8-5-4-6-9-17)35-23(37)19(28)13-18-14-31-15-33-18/h4-6,8-9,14-16,19-22H,3,7,10-13,28H2,1-2H3,(H,31,33)(H,34,39)(H,35,37)(H,36,38)(H,40,41)(H4,29,30,32). The highest BCUT2D eigenvalue weighted by Gasteiger charge is 2.32. The first kappa shape index (κ1) is 32.8. The second kappa shape index (κ2) is 16.6. The molecule has 0 aliphatic carbocycles. The SMILES string of the molecule is CCC(C)C(NC(=O)C(CCCN=C(N)N)NC(=O)C(Cc1ccccc1)NC(=O)C(N)Cc1cnc[nH]1)C(=O)O. The molecule has 0 aliphatic heterocycles. The quantitative estimate of drug-likeness (QED) is 0.0669. The van der Waals surface area contributed by atoms with E-state index >= 15 is 0 Å². The number of aromatic amines is 1. The zero-order valence-corrected chi connectivity index (χ0v) is 23.4. The highest BCUT2D eigenvalue weighted by Crippen LogP contribution is 2.10. The Hall–Kier alpha value is -4.46. The fourth-order valence-corrected chi connectivity index (χ4v) is 4.05. The van der Waals surface area contributed by atoms with Crippen LogP contribution in [0, 0.1) is 5.92 Å². The van der Waals surface area contributed by atoms with Crippen LogP contribution in [0.15, 0.2) is 47.8 Å². The first-order valence-corrected chi connectivity index (χ1v) is 13.5. The van der Waals surface area contributed by atoms with Gasteiger partial charge in [0.05, 0.1) is 12.4 Å². The number of imidazole rings is 1. The van der Waals surface area contributed by atoms with Crippen LogP contribution in [0.2, 0.25) is 0 Å². The van der Waals surface area contributed by atoms with Crippen LogP contribution >= 0.6 is 0 Å². The third-order valence-electron chi connectivity index (χ3n) is 6.60. The maximum Gasteiger partial charge on any atom is 0.326 e. The van der Waals surface area contributed by atoms with Crippen molar-refractivity contribution in [2.45, 2.75) is 70.1 Å². The molecule has 41 heavy (non-hydrogen) atoms. The molecule has 0 fully saturated rings. The number of benzene rings is 1. The fourth-order valence-electron chi connectivity index (χ4n) is 4.05.